The predicted molar refractivity (Wildman–Crippen MR) is 91.3 cm³/mol. The van der Waals surface area contributed by atoms with Crippen LogP contribution in [0, 0.1) is 6.92 Å². The molecule has 1 rings (SSSR count). The summed E-state index contributed by atoms with van der Waals surface area (Å²) in [5.41, 5.74) is 1.13. The number of hydrogen-bond acceptors (Lipinski definition) is 2. The van der Waals surface area contributed by atoms with E-state index in [0.717, 1.165) is 39.1 Å². The number of ether oxygens (including phenoxy) is 2. The molecule has 0 aromatic heterocycles. The van der Waals surface area contributed by atoms with E-state index in [9.17, 15) is 0 Å². The SMILES string of the molecule is CC.Cc1cc(OCCI)ccc1OCCI. The molecule has 0 bridgehead atoms. The van der Waals surface area contributed by atoms with E-state index in [1.54, 1.807) is 0 Å². The van der Waals surface area contributed by atoms with Gasteiger partial charge >= 0.3 is 0 Å². The average Bonchev–Trinajstić information content (AvgIpc) is 2.37. The summed E-state index contributed by atoms with van der Waals surface area (Å²) in [6, 6.07) is 5.96. The van der Waals surface area contributed by atoms with Crippen molar-refractivity contribution in [2.24, 2.45) is 0 Å². The van der Waals surface area contributed by atoms with Gasteiger partial charge in [0.25, 0.3) is 0 Å². The van der Waals surface area contributed by atoms with Gasteiger partial charge in [-0.3, -0.25) is 0 Å². The Morgan fingerprint density at radius 3 is 2.12 bits per heavy atom. The molecule has 4 heteroatoms. The van der Waals surface area contributed by atoms with Gasteiger partial charge in [-0.2, -0.15) is 0 Å². The molecular formula is C13H20I2O2. The Labute approximate surface area is 132 Å². The zero-order valence-electron chi connectivity index (χ0n) is 10.6. The Kier molecular flexibility index (Phi) is 11.6. The molecule has 1 aromatic carbocycles. The molecule has 0 heterocycles. The molecular weight excluding hydrogens is 442 g/mol. The van der Waals surface area contributed by atoms with Crippen LogP contribution in [0.5, 0.6) is 11.5 Å². The molecule has 0 aliphatic heterocycles. The van der Waals surface area contributed by atoms with Crippen molar-refractivity contribution in [3.8, 4) is 11.5 Å². The molecule has 0 N–H and O–H groups in total. The summed E-state index contributed by atoms with van der Waals surface area (Å²) in [7, 11) is 0. The molecule has 1 aromatic rings. The number of alkyl halides is 2. The molecule has 0 unspecified atom stereocenters. The van der Waals surface area contributed by atoms with E-state index >= 15 is 0 Å². The Balaban J connectivity index is 0.00000121. The van der Waals surface area contributed by atoms with Gasteiger partial charge in [0.1, 0.15) is 11.5 Å². The molecule has 0 aliphatic rings. The van der Waals surface area contributed by atoms with Gasteiger partial charge in [0, 0.05) is 8.86 Å². The van der Waals surface area contributed by atoms with Crippen LogP contribution >= 0.6 is 45.2 Å². The molecule has 0 saturated carbocycles. The van der Waals surface area contributed by atoms with Gasteiger partial charge in [-0.15, -0.1) is 0 Å². The van der Waals surface area contributed by atoms with Gasteiger partial charge in [0.2, 0.25) is 0 Å². The molecule has 0 atom stereocenters. The smallest absolute Gasteiger partial charge is 0.122 e. The summed E-state index contributed by atoms with van der Waals surface area (Å²) in [5, 5.41) is 0. The van der Waals surface area contributed by atoms with Crippen LogP contribution in [0.25, 0.3) is 0 Å². The van der Waals surface area contributed by atoms with E-state index in [2.05, 4.69) is 45.2 Å². The molecule has 0 radical (unpaired) electrons. The van der Waals surface area contributed by atoms with E-state index in [1.807, 2.05) is 39.0 Å². The Morgan fingerprint density at radius 1 is 1.00 bits per heavy atom. The molecule has 0 spiro atoms. The lowest BCUT2D eigenvalue weighted by Gasteiger charge is -2.10. The third-order valence-corrected chi connectivity index (χ3v) is 2.71. The summed E-state index contributed by atoms with van der Waals surface area (Å²) in [4.78, 5) is 0. The zero-order valence-corrected chi connectivity index (χ0v) is 14.9. The van der Waals surface area contributed by atoms with Crippen LogP contribution in [0.15, 0.2) is 18.2 Å². The maximum absolute atomic E-state index is 5.58. The summed E-state index contributed by atoms with van der Waals surface area (Å²) in [6.07, 6.45) is 0. The van der Waals surface area contributed by atoms with Crippen molar-refractivity contribution in [2.45, 2.75) is 20.8 Å². The topological polar surface area (TPSA) is 18.5 Å². The molecule has 0 saturated heterocycles. The second kappa shape index (κ2) is 11.4. The fourth-order valence-corrected chi connectivity index (χ4v) is 1.62. The number of hydrogen-bond donors (Lipinski definition) is 0. The Bertz CT molecular complexity index is 303. The van der Waals surface area contributed by atoms with Crippen molar-refractivity contribution in [1.82, 2.24) is 0 Å². The van der Waals surface area contributed by atoms with Crippen molar-refractivity contribution in [3.05, 3.63) is 23.8 Å². The van der Waals surface area contributed by atoms with Crippen molar-refractivity contribution in [2.75, 3.05) is 22.1 Å². The van der Waals surface area contributed by atoms with Crippen LogP contribution in [-0.4, -0.2) is 22.1 Å². The largest absolute Gasteiger partial charge is 0.493 e. The van der Waals surface area contributed by atoms with Gasteiger partial charge in [0.15, 0.2) is 0 Å². The van der Waals surface area contributed by atoms with Gasteiger partial charge in [0.05, 0.1) is 13.2 Å². The quantitative estimate of drug-likeness (QED) is 0.453. The van der Waals surface area contributed by atoms with Gasteiger partial charge in [-0.1, -0.05) is 59.0 Å². The first-order valence-corrected chi connectivity index (χ1v) is 8.81. The number of benzene rings is 1. The molecule has 0 fully saturated rings. The molecule has 0 aliphatic carbocycles. The highest BCUT2D eigenvalue weighted by atomic mass is 127. The maximum Gasteiger partial charge on any atom is 0.122 e. The van der Waals surface area contributed by atoms with Gasteiger partial charge in [-0.25, -0.2) is 0 Å². The Morgan fingerprint density at radius 2 is 1.59 bits per heavy atom. The van der Waals surface area contributed by atoms with Crippen LogP contribution in [0.1, 0.15) is 19.4 Å². The van der Waals surface area contributed by atoms with E-state index in [4.69, 9.17) is 9.47 Å². The molecule has 98 valence electrons. The van der Waals surface area contributed by atoms with Crippen molar-refractivity contribution < 1.29 is 9.47 Å². The van der Waals surface area contributed by atoms with Gasteiger partial charge < -0.3 is 9.47 Å². The number of rotatable bonds is 6. The lowest BCUT2D eigenvalue weighted by Crippen LogP contribution is -2.01. The first-order chi connectivity index (χ1) is 8.27. The molecule has 2 nitrogen and oxygen atoms in total. The predicted octanol–water partition coefficient (Wildman–Crippen LogP) is 4.65. The first-order valence-electron chi connectivity index (χ1n) is 5.76. The third-order valence-electron chi connectivity index (χ3n) is 1.83. The fourth-order valence-electron chi connectivity index (χ4n) is 1.18. The van der Waals surface area contributed by atoms with Crippen molar-refractivity contribution >= 4 is 45.2 Å². The lowest BCUT2D eigenvalue weighted by molar-refractivity contribution is 0.334. The summed E-state index contributed by atoms with van der Waals surface area (Å²) in [5.74, 6) is 1.87. The van der Waals surface area contributed by atoms with Crippen LogP contribution in [0.2, 0.25) is 0 Å². The van der Waals surface area contributed by atoms with E-state index in [1.165, 1.54) is 0 Å². The van der Waals surface area contributed by atoms with Crippen LogP contribution in [-0.2, 0) is 0 Å². The second-order valence-corrected chi connectivity index (χ2v) is 5.16. The summed E-state index contributed by atoms with van der Waals surface area (Å²) in [6.45, 7) is 7.56. The highest BCUT2D eigenvalue weighted by Gasteiger charge is 2.01. The highest BCUT2D eigenvalue weighted by Crippen LogP contribution is 2.23. The van der Waals surface area contributed by atoms with Crippen LogP contribution in [0.4, 0.5) is 0 Å². The standard InChI is InChI=1S/C11H14I2O2.C2H6/c1-9-8-10(14-6-4-12)2-3-11(9)15-7-5-13;1-2/h2-3,8H,4-7H2,1H3;1-2H3. The van der Waals surface area contributed by atoms with E-state index in [0.29, 0.717) is 0 Å². The van der Waals surface area contributed by atoms with E-state index in [-0.39, 0.29) is 0 Å². The third kappa shape index (κ3) is 7.33. The van der Waals surface area contributed by atoms with Crippen molar-refractivity contribution in [1.29, 1.82) is 0 Å². The minimum absolute atomic E-state index is 0.758. The minimum atomic E-state index is 0.758. The highest BCUT2D eigenvalue weighted by molar-refractivity contribution is 14.1. The fraction of sp³-hybridized carbons (Fsp3) is 0.538. The normalized spacial score (nSPS) is 9.24. The van der Waals surface area contributed by atoms with Gasteiger partial charge in [-0.05, 0) is 30.7 Å². The van der Waals surface area contributed by atoms with E-state index < -0.39 is 0 Å². The minimum Gasteiger partial charge on any atom is -0.493 e. The second-order valence-electron chi connectivity index (χ2n) is 3.00. The monoisotopic (exact) mass is 462 g/mol. The summed E-state index contributed by atoms with van der Waals surface area (Å²) >= 11 is 4.60. The first kappa shape index (κ1) is 17.3. The number of aryl methyl sites for hydroxylation is 1. The summed E-state index contributed by atoms with van der Waals surface area (Å²) < 4.78 is 13.1. The lowest BCUT2D eigenvalue weighted by atomic mass is 10.2. The molecule has 0 amide bonds. The zero-order chi connectivity index (χ0) is 13.1. The van der Waals surface area contributed by atoms with Crippen molar-refractivity contribution in [3.63, 3.8) is 0 Å². The van der Waals surface area contributed by atoms with Crippen LogP contribution < -0.4 is 9.47 Å². The Hall–Kier alpha value is 0.280. The number of halogens is 2. The average molecular weight is 462 g/mol. The van der Waals surface area contributed by atoms with Crippen LogP contribution in [0.3, 0.4) is 0 Å². The molecule has 17 heavy (non-hydrogen) atoms. The maximum atomic E-state index is 5.58.